The maximum absolute atomic E-state index is 5.05. The Morgan fingerprint density at radius 3 is 1.07 bits per heavy atom. The average molecular weight is 695 g/mol. The van der Waals surface area contributed by atoms with E-state index < -0.39 is 0 Å². The zero-order chi connectivity index (χ0) is 28.7. The molecule has 2 aromatic carbocycles. The molecular weight excluding hydrogens is 644 g/mol. The van der Waals surface area contributed by atoms with Gasteiger partial charge in [-0.25, -0.2) is 4.98 Å². The molecule has 3 aromatic rings. The molecule has 0 atom stereocenters. The van der Waals surface area contributed by atoms with Gasteiger partial charge in [0.2, 0.25) is 0 Å². The van der Waals surface area contributed by atoms with Gasteiger partial charge >= 0.3 is 18.6 Å². The molecule has 0 aliphatic carbocycles. The molecule has 44 heavy (non-hydrogen) atoms. The molecule has 3 rings (SSSR count). The fourth-order valence-corrected chi connectivity index (χ4v) is 5.58. The van der Waals surface area contributed by atoms with E-state index in [0.29, 0.717) is 0 Å². The first kappa shape index (κ1) is 44.5. The number of hydrogen-bond donors (Lipinski definition) is 0. The second kappa shape index (κ2) is 24.6. The maximum Gasteiger partial charge on any atom is 3.00 e. The molecule has 240 valence electrons. The van der Waals surface area contributed by atoms with Crippen LogP contribution in [0.15, 0.2) is 52.4 Å². The van der Waals surface area contributed by atoms with Crippen molar-refractivity contribution in [2.75, 3.05) is 0 Å². The minimum atomic E-state index is 0. The quantitative estimate of drug-likeness (QED) is 0.209. The van der Waals surface area contributed by atoms with Crippen molar-refractivity contribution in [3.05, 3.63) is 87.2 Å². The largest absolute Gasteiger partial charge is 3.00 e. The number of aromatic nitrogens is 1. The first-order chi connectivity index (χ1) is 19.6. The van der Waals surface area contributed by atoms with E-state index in [1.54, 1.807) is 0 Å². The zero-order valence-electron chi connectivity index (χ0n) is 27.6. The number of nitrogens with zero attached hydrogens (tertiary/aromatic N) is 3. The number of hydrogen-bond acceptors (Lipinski definition) is 3. The SMILES string of the molecule is CCCc1cc(CCC)c(N=Cc2cccc(C=Nc3c(CCC)cc(CCC)cc3CCC)n2)c(CCC)c1.[Cl-].[Cl-].[Cl-].[V+3]. The number of rotatable bonds is 16. The van der Waals surface area contributed by atoms with Gasteiger partial charge in [-0.3, -0.25) is 9.98 Å². The second-order valence-corrected chi connectivity index (χ2v) is 11.0. The minimum Gasteiger partial charge on any atom is -1.00 e. The molecule has 0 aliphatic rings. The molecule has 7 heteroatoms. The molecule has 0 spiro atoms. The van der Waals surface area contributed by atoms with Gasteiger partial charge < -0.3 is 37.2 Å². The van der Waals surface area contributed by atoms with Gasteiger partial charge in [-0.05, 0) is 84.0 Å². The Morgan fingerprint density at radius 2 is 0.795 bits per heavy atom. The van der Waals surface area contributed by atoms with Crippen molar-refractivity contribution >= 4 is 23.8 Å². The Morgan fingerprint density at radius 1 is 0.500 bits per heavy atom. The number of pyridine rings is 1. The Kier molecular flexibility index (Phi) is 24.9. The molecule has 0 N–H and O–H groups in total. The fourth-order valence-electron chi connectivity index (χ4n) is 5.58. The Hall–Kier alpha value is -1.62. The van der Waals surface area contributed by atoms with Crippen molar-refractivity contribution in [1.82, 2.24) is 4.98 Å². The third-order valence-electron chi connectivity index (χ3n) is 7.25. The van der Waals surface area contributed by atoms with Gasteiger partial charge in [-0.2, -0.15) is 0 Å². The second-order valence-electron chi connectivity index (χ2n) is 11.0. The first-order valence-electron chi connectivity index (χ1n) is 15.9. The molecule has 0 radical (unpaired) electrons. The molecule has 0 aliphatic heterocycles. The van der Waals surface area contributed by atoms with Crippen LogP contribution in [0, 0.1) is 0 Å². The normalized spacial score (nSPS) is 10.7. The number of halogens is 3. The van der Waals surface area contributed by atoms with Gasteiger partial charge in [0.15, 0.2) is 0 Å². The van der Waals surface area contributed by atoms with Crippen LogP contribution < -0.4 is 37.2 Å². The summed E-state index contributed by atoms with van der Waals surface area (Å²) < 4.78 is 0. The van der Waals surface area contributed by atoms with Crippen LogP contribution in [0.2, 0.25) is 0 Å². The van der Waals surface area contributed by atoms with Crippen molar-refractivity contribution in [2.45, 2.75) is 119 Å². The smallest absolute Gasteiger partial charge is 1.00 e. The van der Waals surface area contributed by atoms with Crippen LogP contribution in [0.3, 0.4) is 0 Å². The van der Waals surface area contributed by atoms with Crippen molar-refractivity contribution in [3.8, 4) is 0 Å². The number of aryl methyl sites for hydroxylation is 6. The molecule has 1 aromatic heterocycles. The third kappa shape index (κ3) is 13.4. The van der Waals surface area contributed by atoms with E-state index in [4.69, 9.17) is 15.0 Å². The summed E-state index contributed by atoms with van der Waals surface area (Å²) in [5, 5.41) is 0. The van der Waals surface area contributed by atoms with Crippen molar-refractivity contribution < 1.29 is 55.8 Å². The molecular formula is C37H51Cl3N3V. The molecule has 0 fully saturated rings. The van der Waals surface area contributed by atoms with Gasteiger partial charge in [0.1, 0.15) is 0 Å². The molecule has 1 heterocycles. The third-order valence-corrected chi connectivity index (χ3v) is 7.25. The van der Waals surface area contributed by atoms with Crippen LogP contribution in [-0.4, -0.2) is 17.4 Å². The summed E-state index contributed by atoms with van der Waals surface area (Å²) in [6.45, 7) is 13.5. The summed E-state index contributed by atoms with van der Waals surface area (Å²) in [5.41, 5.74) is 12.4. The number of aliphatic imine (C=N–C) groups is 2. The maximum atomic E-state index is 5.05. The van der Waals surface area contributed by atoms with Crippen molar-refractivity contribution in [2.24, 2.45) is 9.98 Å². The van der Waals surface area contributed by atoms with E-state index in [2.05, 4.69) is 71.9 Å². The van der Waals surface area contributed by atoms with Gasteiger partial charge in [0.05, 0.1) is 35.2 Å². The monoisotopic (exact) mass is 693 g/mol. The first-order valence-corrected chi connectivity index (χ1v) is 15.9. The van der Waals surface area contributed by atoms with Crippen LogP contribution >= 0.6 is 0 Å². The Balaban J connectivity index is 0. The predicted molar refractivity (Wildman–Crippen MR) is 176 cm³/mol. The van der Waals surface area contributed by atoms with Crippen molar-refractivity contribution in [3.63, 3.8) is 0 Å². The summed E-state index contributed by atoms with van der Waals surface area (Å²) in [4.78, 5) is 15.0. The van der Waals surface area contributed by atoms with Crippen LogP contribution in [-0.2, 0) is 57.1 Å². The topological polar surface area (TPSA) is 37.6 Å². The molecule has 0 unspecified atom stereocenters. The zero-order valence-corrected chi connectivity index (χ0v) is 31.3. The molecule has 0 saturated heterocycles. The van der Waals surface area contributed by atoms with Gasteiger partial charge in [0, 0.05) is 0 Å². The van der Waals surface area contributed by atoms with E-state index in [1.165, 1.54) is 46.2 Å². The Bertz CT molecular complexity index is 1140. The van der Waals surface area contributed by atoms with Crippen LogP contribution in [0.5, 0.6) is 0 Å². The molecule has 3 nitrogen and oxygen atoms in total. The van der Waals surface area contributed by atoms with Crippen molar-refractivity contribution in [1.29, 1.82) is 0 Å². The van der Waals surface area contributed by atoms with Crippen LogP contribution in [0.25, 0.3) is 0 Å². The molecule has 0 saturated carbocycles. The number of benzene rings is 2. The van der Waals surface area contributed by atoms with E-state index in [1.807, 2.05) is 24.6 Å². The predicted octanol–water partition coefficient (Wildman–Crippen LogP) is 1.31. The standard InChI is InChI=1S/C37H51N3.3ClH.V/c1-7-14-28-22-30(16-9-3)36(31(23-28)17-10-4)38-26-34-20-13-21-35(40-34)27-39-37-32(18-11-5)24-29(15-8-2)25-33(37)19-12-6;;;;/h13,20-27H,7-12,14-19H2,1-6H3;3*1H;/q;;;;+3/p-3. The minimum absolute atomic E-state index is 0. The van der Waals surface area contributed by atoms with Gasteiger partial charge in [-0.15, -0.1) is 0 Å². The average Bonchev–Trinajstić information content (AvgIpc) is 2.93. The molecule has 0 amide bonds. The van der Waals surface area contributed by atoms with Crippen LogP contribution in [0.4, 0.5) is 11.4 Å². The molecule has 0 bridgehead atoms. The van der Waals surface area contributed by atoms with E-state index >= 15 is 0 Å². The van der Waals surface area contributed by atoms with E-state index in [0.717, 1.165) is 87.0 Å². The summed E-state index contributed by atoms with van der Waals surface area (Å²) in [6.07, 6.45) is 17.2. The fraction of sp³-hybridized carbons (Fsp3) is 0.486. The van der Waals surface area contributed by atoms with Gasteiger partial charge in [-0.1, -0.05) is 110 Å². The van der Waals surface area contributed by atoms with E-state index in [-0.39, 0.29) is 55.8 Å². The summed E-state index contributed by atoms with van der Waals surface area (Å²) in [6, 6.07) is 15.6. The summed E-state index contributed by atoms with van der Waals surface area (Å²) in [7, 11) is 0. The summed E-state index contributed by atoms with van der Waals surface area (Å²) in [5.74, 6) is 0. The van der Waals surface area contributed by atoms with Crippen LogP contribution in [0.1, 0.15) is 125 Å². The summed E-state index contributed by atoms with van der Waals surface area (Å²) >= 11 is 0. The van der Waals surface area contributed by atoms with Gasteiger partial charge in [0.25, 0.3) is 0 Å². The Labute approximate surface area is 298 Å². The van der Waals surface area contributed by atoms with E-state index in [9.17, 15) is 0 Å².